The molecule has 2 heterocycles. The van der Waals surface area contributed by atoms with Crippen LogP contribution in [0.4, 0.5) is 13.2 Å². The third-order valence-corrected chi connectivity index (χ3v) is 6.51. The summed E-state index contributed by atoms with van der Waals surface area (Å²) in [5.41, 5.74) is 0.851. The zero-order valence-electron chi connectivity index (χ0n) is 21.9. The number of methoxy groups -OCH3 is 1. The third-order valence-electron chi connectivity index (χ3n) is 6.51. The van der Waals surface area contributed by atoms with E-state index < -0.39 is 48.6 Å². The molecular weight excluding hydrogens is 517 g/mol. The highest BCUT2D eigenvalue weighted by Crippen LogP contribution is 2.26. The van der Waals surface area contributed by atoms with Crippen molar-refractivity contribution in [3.63, 3.8) is 0 Å². The Morgan fingerprint density at radius 1 is 1.26 bits per heavy atom. The third kappa shape index (κ3) is 8.10. The normalized spacial score (nSPS) is 17.8. The Morgan fingerprint density at radius 3 is 2.59 bits per heavy atom. The summed E-state index contributed by atoms with van der Waals surface area (Å²) < 4.78 is 43.9. The Morgan fingerprint density at radius 2 is 2.00 bits per heavy atom. The predicted octanol–water partition coefficient (Wildman–Crippen LogP) is 2.38. The van der Waals surface area contributed by atoms with E-state index in [-0.39, 0.29) is 30.4 Å². The molecule has 1 aromatic carbocycles. The molecular formula is C26H33F3N6O4. The first kappa shape index (κ1) is 29.8. The molecule has 0 aliphatic carbocycles. The number of benzene rings is 1. The number of nitrogens with one attached hydrogen (secondary N) is 5. The molecule has 1 aliphatic rings. The number of amides is 3. The number of aromatic amines is 1. The summed E-state index contributed by atoms with van der Waals surface area (Å²) in [6, 6.07) is 5.08. The molecule has 2 aromatic rings. The van der Waals surface area contributed by atoms with Crippen molar-refractivity contribution < 1.29 is 32.3 Å². The Kier molecular flexibility index (Phi) is 9.80. The number of hydrogen-bond acceptors (Lipinski definition) is 6. The number of nitriles is 1. The molecule has 0 saturated carbocycles. The number of ether oxygens (including phenoxy) is 1. The maximum atomic E-state index is 13.4. The second-order valence-electron chi connectivity index (χ2n) is 9.99. The first-order chi connectivity index (χ1) is 18.4. The summed E-state index contributed by atoms with van der Waals surface area (Å²) in [4.78, 5) is 41.6. The Bertz CT molecular complexity index is 1220. The van der Waals surface area contributed by atoms with Gasteiger partial charge in [0.2, 0.25) is 11.8 Å². The highest BCUT2D eigenvalue weighted by Gasteiger charge is 2.36. The highest BCUT2D eigenvalue weighted by molar-refractivity contribution is 6.01. The molecule has 0 bridgehead atoms. The van der Waals surface area contributed by atoms with Crippen LogP contribution in [-0.2, 0) is 9.59 Å². The molecule has 0 radical (unpaired) electrons. The van der Waals surface area contributed by atoms with E-state index in [2.05, 4.69) is 26.3 Å². The fourth-order valence-electron chi connectivity index (χ4n) is 4.61. The number of fused-ring (bicyclic) bond motifs is 1. The van der Waals surface area contributed by atoms with Gasteiger partial charge in [-0.2, -0.15) is 18.4 Å². The van der Waals surface area contributed by atoms with Gasteiger partial charge in [-0.25, -0.2) is 0 Å². The largest absolute Gasteiger partial charge is 0.496 e. The fraction of sp³-hybridized carbons (Fsp3) is 0.538. The average Bonchev–Trinajstić information content (AvgIpc) is 3.48. The van der Waals surface area contributed by atoms with E-state index in [4.69, 9.17) is 4.74 Å². The molecule has 1 unspecified atom stereocenters. The summed E-state index contributed by atoms with van der Waals surface area (Å²) in [5.74, 6) is -1.55. The van der Waals surface area contributed by atoms with Crippen molar-refractivity contribution in [1.29, 1.82) is 5.26 Å². The van der Waals surface area contributed by atoms with Crippen LogP contribution in [0, 0.1) is 23.2 Å². The van der Waals surface area contributed by atoms with Crippen molar-refractivity contribution in [2.24, 2.45) is 11.8 Å². The van der Waals surface area contributed by atoms with Gasteiger partial charge in [0.05, 0.1) is 25.8 Å². The highest BCUT2D eigenvalue weighted by atomic mass is 19.4. The van der Waals surface area contributed by atoms with Gasteiger partial charge < -0.3 is 25.7 Å². The maximum Gasteiger partial charge on any atom is 0.401 e. The van der Waals surface area contributed by atoms with Crippen molar-refractivity contribution in [1.82, 2.24) is 26.3 Å². The van der Waals surface area contributed by atoms with E-state index in [0.29, 0.717) is 29.6 Å². The maximum absolute atomic E-state index is 13.4. The number of carbonyl (C=O) groups is 3. The van der Waals surface area contributed by atoms with Crippen LogP contribution < -0.4 is 26.0 Å². The van der Waals surface area contributed by atoms with E-state index in [0.717, 1.165) is 0 Å². The van der Waals surface area contributed by atoms with Crippen LogP contribution in [0.15, 0.2) is 24.3 Å². The number of alkyl halides is 3. The summed E-state index contributed by atoms with van der Waals surface area (Å²) in [7, 11) is 1.51. The van der Waals surface area contributed by atoms with Crippen molar-refractivity contribution >= 4 is 28.6 Å². The fourth-order valence-corrected chi connectivity index (χ4v) is 4.61. The monoisotopic (exact) mass is 550 g/mol. The number of rotatable bonds is 12. The van der Waals surface area contributed by atoms with Gasteiger partial charge in [0.15, 0.2) is 0 Å². The van der Waals surface area contributed by atoms with Crippen molar-refractivity contribution in [2.75, 3.05) is 20.2 Å². The van der Waals surface area contributed by atoms with Crippen LogP contribution >= 0.6 is 0 Å². The van der Waals surface area contributed by atoms with E-state index in [1.807, 2.05) is 13.8 Å². The Balaban J connectivity index is 1.80. The number of H-pyrrole nitrogens is 1. The van der Waals surface area contributed by atoms with E-state index in [9.17, 15) is 32.8 Å². The molecule has 4 atom stereocenters. The van der Waals surface area contributed by atoms with Gasteiger partial charge >= 0.3 is 6.18 Å². The molecule has 10 nitrogen and oxygen atoms in total. The van der Waals surface area contributed by atoms with Gasteiger partial charge in [-0.1, -0.05) is 19.9 Å². The van der Waals surface area contributed by atoms with Gasteiger partial charge in [-0.15, -0.1) is 0 Å². The Labute approximate surface area is 224 Å². The van der Waals surface area contributed by atoms with Crippen LogP contribution in [0.5, 0.6) is 5.75 Å². The topological polar surface area (TPSA) is 148 Å². The van der Waals surface area contributed by atoms with E-state index in [1.165, 1.54) is 7.11 Å². The molecule has 3 rings (SSSR count). The average molecular weight is 551 g/mol. The zero-order valence-corrected chi connectivity index (χ0v) is 21.9. The zero-order chi connectivity index (χ0) is 28.7. The lowest BCUT2D eigenvalue weighted by Crippen LogP contribution is -2.56. The minimum atomic E-state index is -4.58. The predicted molar refractivity (Wildman–Crippen MR) is 137 cm³/mol. The van der Waals surface area contributed by atoms with Crippen LogP contribution in [-0.4, -0.2) is 67.2 Å². The van der Waals surface area contributed by atoms with Crippen molar-refractivity contribution in [3.8, 4) is 11.8 Å². The van der Waals surface area contributed by atoms with Crippen LogP contribution in [0.2, 0.25) is 0 Å². The standard InChI is InChI=1S/C26H33F3N6O4/c1-14(2)9-19(35-25(38)20-11-16-17(33-20)5-4-6-22(16)39-3)24(37)34-18(10-15-7-8-31-23(15)36)21(12-30)32-13-26(27,28)29/h4-6,11,14-15,18-19,21,32-33H,7-10,13H2,1-3H3,(H,31,36)(H,34,37)(H,35,38)/t15-,18-,19-,21?/m0/s1. The van der Waals surface area contributed by atoms with E-state index in [1.54, 1.807) is 30.3 Å². The lowest BCUT2D eigenvalue weighted by Gasteiger charge is -2.29. The number of aromatic nitrogens is 1. The molecule has 1 saturated heterocycles. The number of halogens is 3. The molecule has 39 heavy (non-hydrogen) atoms. The number of carbonyl (C=O) groups excluding carboxylic acids is 3. The summed E-state index contributed by atoms with van der Waals surface area (Å²) >= 11 is 0. The van der Waals surface area contributed by atoms with Gasteiger partial charge in [0.25, 0.3) is 5.91 Å². The van der Waals surface area contributed by atoms with Gasteiger partial charge in [-0.05, 0) is 43.4 Å². The summed E-state index contributed by atoms with van der Waals surface area (Å²) in [6.45, 7) is 2.66. The molecule has 1 aliphatic heterocycles. The second-order valence-corrected chi connectivity index (χ2v) is 9.99. The SMILES string of the molecule is COc1cccc2[nH]c(C(=O)N[C@@H](CC(C)C)C(=O)N[C@@H](C[C@@H]3CCNC3=O)C(C#N)NCC(F)(F)F)cc12. The van der Waals surface area contributed by atoms with Gasteiger partial charge in [-0.3, -0.25) is 19.7 Å². The molecule has 1 aromatic heterocycles. The van der Waals surface area contributed by atoms with Crippen molar-refractivity contribution in [3.05, 3.63) is 30.0 Å². The summed E-state index contributed by atoms with van der Waals surface area (Å²) in [6.07, 6.45) is -3.96. The Hall–Kier alpha value is -3.79. The first-order valence-electron chi connectivity index (χ1n) is 12.7. The molecule has 13 heteroatoms. The molecule has 3 amide bonds. The van der Waals surface area contributed by atoms with Gasteiger partial charge in [0.1, 0.15) is 23.5 Å². The minimum absolute atomic E-state index is 0.0296. The smallest absolute Gasteiger partial charge is 0.401 e. The number of nitrogens with zero attached hydrogens (tertiary/aromatic N) is 1. The van der Waals surface area contributed by atoms with E-state index >= 15 is 0 Å². The second kappa shape index (κ2) is 12.8. The van der Waals surface area contributed by atoms with Crippen molar-refractivity contribution in [2.45, 2.75) is 57.4 Å². The van der Waals surface area contributed by atoms with Crippen LogP contribution in [0.25, 0.3) is 10.9 Å². The lowest BCUT2D eigenvalue weighted by molar-refractivity contribution is -0.128. The van der Waals surface area contributed by atoms with Crippen LogP contribution in [0.1, 0.15) is 43.6 Å². The minimum Gasteiger partial charge on any atom is -0.496 e. The lowest BCUT2D eigenvalue weighted by atomic mass is 9.93. The van der Waals surface area contributed by atoms with Gasteiger partial charge in [0, 0.05) is 23.4 Å². The quantitative estimate of drug-likeness (QED) is 0.274. The first-order valence-corrected chi connectivity index (χ1v) is 12.7. The molecule has 212 valence electrons. The molecule has 0 spiro atoms. The van der Waals surface area contributed by atoms with Crippen LogP contribution in [0.3, 0.4) is 0 Å². The summed E-state index contributed by atoms with van der Waals surface area (Å²) in [5, 5.41) is 20.4. The number of hydrogen-bond donors (Lipinski definition) is 5. The molecule has 5 N–H and O–H groups in total. The molecule has 1 fully saturated rings.